The Morgan fingerprint density at radius 2 is 1.17 bits per heavy atom. The molecule has 0 aromatic heterocycles. The van der Waals surface area contributed by atoms with E-state index in [-0.39, 0.29) is 0 Å². The molecule has 0 aromatic rings. The molecule has 0 atom stereocenters. The van der Waals surface area contributed by atoms with Crippen molar-refractivity contribution in [2.75, 3.05) is 21.1 Å². The van der Waals surface area contributed by atoms with Gasteiger partial charge in [-0.3, -0.25) is 0 Å². The highest BCUT2D eigenvalue weighted by Gasteiger charge is 1.58. The molecule has 3 heteroatoms. The number of nitrogens with one attached hydrogen (secondary N) is 1. The molecule has 0 heterocycles. The summed E-state index contributed by atoms with van der Waals surface area (Å²) in [6.07, 6.45) is 0. The van der Waals surface area contributed by atoms with Gasteiger partial charge in [-0.05, 0) is 21.1 Å². The first kappa shape index (κ1) is 9.12. The number of nitrogens with zero attached hydrogens (tertiary/aromatic N) is 1. The second kappa shape index (κ2) is 8.82. The van der Waals surface area contributed by atoms with E-state index in [1.54, 1.807) is 0 Å². The Morgan fingerprint density at radius 1 is 1.17 bits per heavy atom. The maximum Gasteiger partial charge on any atom is -0.0140 e. The van der Waals surface area contributed by atoms with Gasteiger partial charge in [0.2, 0.25) is 0 Å². The molecular formula is C3H10N2O. The molecule has 1 N–H and O–H groups in total. The van der Waals surface area contributed by atoms with Gasteiger partial charge in [0.25, 0.3) is 0 Å². The van der Waals surface area contributed by atoms with Gasteiger partial charge in [-0.1, -0.05) is 5.59 Å². The lowest BCUT2D eigenvalue weighted by Crippen LogP contribution is -1.99. The zero-order valence-electron chi connectivity index (χ0n) is 4.36. The van der Waals surface area contributed by atoms with E-state index < -0.39 is 0 Å². The number of nitroso groups, excluding NO2 is 1. The molecule has 0 aromatic carbocycles. The van der Waals surface area contributed by atoms with Crippen molar-refractivity contribution in [3.63, 3.8) is 0 Å². The Labute approximate surface area is 37.7 Å². The first-order valence-corrected chi connectivity index (χ1v) is 1.55. The van der Waals surface area contributed by atoms with E-state index in [4.69, 9.17) is 4.91 Å². The van der Waals surface area contributed by atoms with E-state index in [1.807, 2.05) is 26.0 Å². The van der Waals surface area contributed by atoms with Crippen molar-refractivity contribution in [2.45, 2.75) is 0 Å². The molecule has 0 unspecified atom stereocenters. The van der Waals surface area contributed by atoms with Crippen molar-refractivity contribution in [1.29, 1.82) is 5.59 Å². The normalized spacial score (nSPS) is 6.67. The van der Waals surface area contributed by atoms with Gasteiger partial charge in [-0.15, -0.1) is 0 Å². The third-order valence-corrected chi connectivity index (χ3v) is 0. The zero-order valence-corrected chi connectivity index (χ0v) is 4.36. The van der Waals surface area contributed by atoms with E-state index >= 15 is 0 Å². The minimum atomic E-state index is 2.00. The standard InChI is InChI=1S/C3H9N.HNO/c1-4(2)3;1-2/h1-3H3;1H. The summed E-state index contributed by atoms with van der Waals surface area (Å²) in [7, 11) is 6.00. The SMILES string of the molecule is CN(C)C.N=O. The predicted octanol–water partition coefficient (Wildman–Crippen LogP) is 0.509. The molecule has 0 aliphatic heterocycles. The molecule has 0 aliphatic carbocycles. The van der Waals surface area contributed by atoms with Crippen molar-refractivity contribution in [2.24, 2.45) is 0 Å². The quantitative estimate of drug-likeness (QED) is 0.440. The summed E-state index contributed by atoms with van der Waals surface area (Å²) in [4.78, 5) is 9.50. The van der Waals surface area contributed by atoms with Crippen molar-refractivity contribution < 1.29 is 0 Å². The molecular weight excluding hydrogens is 80.0 g/mol. The maximum absolute atomic E-state index is 7.50. The van der Waals surface area contributed by atoms with Crippen LogP contribution in [0.25, 0.3) is 0 Å². The number of rotatable bonds is 0. The molecule has 0 saturated heterocycles. The molecule has 0 spiro atoms. The zero-order chi connectivity index (χ0) is 5.58. The summed E-state index contributed by atoms with van der Waals surface area (Å²) in [5.74, 6) is 0. The summed E-state index contributed by atoms with van der Waals surface area (Å²) in [6, 6.07) is 0. The summed E-state index contributed by atoms with van der Waals surface area (Å²) in [5.41, 5.74) is 4.50. The summed E-state index contributed by atoms with van der Waals surface area (Å²) in [5, 5.41) is 0. The summed E-state index contributed by atoms with van der Waals surface area (Å²) < 4.78 is 0. The monoisotopic (exact) mass is 90.1 g/mol. The van der Waals surface area contributed by atoms with E-state index in [9.17, 15) is 0 Å². The van der Waals surface area contributed by atoms with Crippen LogP contribution < -0.4 is 0 Å². The second-order valence-corrected chi connectivity index (χ2v) is 1.34. The van der Waals surface area contributed by atoms with Crippen molar-refractivity contribution in [3.05, 3.63) is 4.91 Å². The Morgan fingerprint density at radius 3 is 1.17 bits per heavy atom. The summed E-state index contributed by atoms with van der Waals surface area (Å²) in [6.45, 7) is 0. The third-order valence-electron chi connectivity index (χ3n) is 0. The molecule has 3 nitrogen and oxygen atoms in total. The third kappa shape index (κ3) is 121. The molecule has 6 heavy (non-hydrogen) atoms. The van der Waals surface area contributed by atoms with Gasteiger partial charge in [0.1, 0.15) is 0 Å². The highest BCUT2D eigenvalue weighted by Crippen LogP contribution is 1.47. The molecule has 0 aliphatic rings. The fraction of sp³-hybridized carbons (Fsp3) is 1.00. The second-order valence-electron chi connectivity index (χ2n) is 1.34. The predicted molar refractivity (Wildman–Crippen MR) is 25.7 cm³/mol. The molecule has 0 saturated carbocycles. The lowest BCUT2D eigenvalue weighted by atomic mass is 11.0. The minimum Gasteiger partial charge on any atom is -0.312 e. The molecule has 0 fully saturated rings. The topological polar surface area (TPSA) is 44.2 Å². The van der Waals surface area contributed by atoms with Crippen LogP contribution in [0.5, 0.6) is 0 Å². The van der Waals surface area contributed by atoms with Gasteiger partial charge < -0.3 is 4.90 Å². The fourth-order valence-corrected chi connectivity index (χ4v) is 0. The minimum absolute atomic E-state index is 2.00. The highest BCUT2D eigenvalue weighted by molar-refractivity contribution is 4.09. The largest absolute Gasteiger partial charge is 0.312 e. The van der Waals surface area contributed by atoms with Crippen LogP contribution in [0, 0.1) is 10.5 Å². The van der Waals surface area contributed by atoms with E-state index in [2.05, 4.69) is 5.59 Å². The van der Waals surface area contributed by atoms with Gasteiger partial charge in [0, 0.05) is 0 Å². The fourth-order valence-electron chi connectivity index (χ4n) is 0. The number of hydrogen-bond acceptors (Lipinski definition) is 3. The molecule has 38 valence electrons. The number of hydrogen-bond donors (Lipinski definition) is 1. The van der Waals surface area contributed by atoms with Gasteiger partial charge in [0.05, 0.1) is 0 Å². The maximum atomic E-state index is 7.50. The van der Waals surface area contributed by atoms with Crippen LogP contribution in [0.3, 0.4) is 0 Å². The smallest absolute Gasteiger partial charge is 0.0140 e. The highest BCUT2D eigenvalue weighted by atomic mass is 16.2. The van der Waals surface area contributed by atoms with Crippen LogP contribution in [-0.4, -0.2) is 26.0 Å². The van der Waals surface area contributed by atoms with E-state index in [1.165, 1.54) is 0 Å². The van der Waals surface area contributed by atoms with Crippen LogP contribution in [-0.2, 0) is 0 Å². The Hall–Kier alpha value is -0.440. The van der Waals surface area contributed by atoms with Crippen LogP contribution in [0.2, 0.25) is 0 Å². The van der Waals surface area contributed by atoms with Crippen molar-refractivity contribution in [3.8, 4) is 0 Å². The molecule has 0 rings (SSSR count). The van der Waals surface area contributed by atoms with Crippen molar-refractivity contribution in [1.82, 2.24) is 4.90 Å². The lowest BCUT2D eigenvalue weighted by molar-refractivity contribution is 0.505. The van der Waals surface area contributed by atoms with Crippen LogP contribution in [0.4, 0.5) is 0 Å². The van der Waals surface area contributed by atoms with Crippen molar-refractivity contribution >= 4 is 0 Å². The first-order chi connectivity index (χ1) is 2.73. The first-order valence-electron chi connectivity index (χ1n) is 1.55. The van der Waals surface area contributed by atoms with Crippen LogP contribution in [0.1, 0.15) is 0 Å². The van der Waals surface area contributed by atoms with Crippen LogP contribution in [0.15, 0.2) is 0 Å². The van der Waals surface area contributed by atoms with Gasteiger partial charge in [0.15, 0.2) is 0 Å². The lowest BCUT2D eigenvalue weighted by Gasteiger charge is -1.90. The molecule has 0 bridgehead atoms. The average molecular weight is 90.1 g/mol. The van der Waals surface area contributed by atoms with Gasteiger partial charge in [-0.2, -0.15) is 4.91 Å². The molecule has 0 amide bonds. The van der Waals surface area contributed by atoms with E-state index in [0.29, 0.717) is 0 Å². The Balaban J connectivity index is 0. The van der Waals surface area contributed by atoms with Gasteiger partial charge in [-0.25, -0.2) is 0 Å². The molecule has 0 radical (unpaired) electrons. The van der Waals surface area contributed by atoms with Crippen LogP contribution >= 0.6 is 0 Å². The summed E-state index contributed by atoms with van der Waals surface area (Å²) >= 11 is 0. The average Bonchev–Trinajstić information content (AvgIpc) is 1.41. The Bertz CT molecular complexity index is 20.0. The Kier molecular flexibility index (Phi) is 13.4. The van der Waals surface area contributed by atoms with Gasteiger partial charge >= 0.3 is 0 Å². The van der Waals surface area contributed by atoms with E-state index in [0.717, 1.165) is 0 Å².